The molecular weight excluding hydrogens is 484 g/mol. The standard InChI is InChI=1S/C28H36ClF2N3O2/c1-6-25(35)20-10-9-19(24(29)14-20)13-22(34(4)5)17-33-26(36)15-23(21-8-7-18(2)32-16-21)28(11-12-28)27(3,30)31/h7-10,14,16,22-23H,6,11-13,15,17H2,1-5H3,(H,33,36)/t22-,23-/m0/s1. The van der Waals surface area contributed by atoms with E-state index >= 15 is 0 Å². The van der Waals surface area contributed by atoms with Crippen molar-refractivity contribution in [1.82, 2.24) is 15.2 Å². The van der Waals surface area contributed by atoms with Crippen LogP contribution in [0.4, 0.5) is 8.78 Å². The van der Waals surface area contributed by atoms with Crippen molar-refractivity contribution in [3.63, 3.8) is 0 Å². The summed E-state index contributed by atoms with van der Waals surface area (Å²) < 4.78 is 29.3. The molecule has 2 atom stereocenters. The summed E-state index contributed by atoms with van der Waals surface area (Å²) in [6.45, 7) is 4.95. The van der Waals surface area contributed by atoms with Crippen molar-refractivity contribution in [3.8, 4) is 0 Å². The van der Waals surface area contributed by atoms with Gasteiger partial charge in [0.2, 0.25) is 5.91 Å². The monoisotopic (exact) mass is 519 g/mol. The first-order valence-corrected chi connectivity index (χ1v) is 12.8. The van der Waals surface area contributed by atoms with Crippen molar-refractivity contribution >= 4 is 23.3 Å². The van der Waals surface area contributed by atoms with Crippen molar-refractivity contribution in [2.24, 2.45) is 5.41 Å². The number of nitrogens with zero attached hydrogens (tertiary/aromatic N) is 2. The summed E-state index contributed by atoms with van der Waals surface area (Å²) in [6, 6.07) is 8.86. The molecule has 1 fully saturated rings. The van der Waals surface area contributed by atoms with Crippen LogP contribution in [-0.4, -0.2) is 54.2 Å². The van der Waals surface area contributed by atoms with Gasteiger partial charge in [-0.05, 0) is 70.5 Å². The molecule has 0 bridgehead atoms. The number of nitrogens with one attached hydrogen (secondary N) is 1. The molecule has 1 heterocycles. The van der Waals surface area contributed by atoms with Crippen molar-refractivity contribution in [2.75, 3.05) is 20.6 Å². The number of rotatable bonds is 12. The Kier molecular flexibility index (Phi) is 8.88. The van der Waals surface area contributed by atoms with Crippen LogP contribution in [0.3, 0.4) is 0 Å². The molecule has 0 radical (unpaired) electrons. The number of hydrogen-bond donors (Lipinski definition) is 1. The van der Waals surface area contributed by atoms with Crippen LogP contribution in [0.25, 0.3) is 0 Å². The maximum Gasteiger partial charge on any atom is 0.251 e. The number of halogens is 3. The first-order valence-electron chi connectivity index (χ1n) is 12.4. The number of aryl methyl sites for hydroxylation is 1. The van der Waals surface area contributed by atoms with E-state index in [1.54, 1.807) is 24.4 Å². The number of alkyl halides is 2. The molecule has 2 aromatic rings. The lowest BCUT2D eigenvalue weighted by atomic mass is 9.77. The van der Waals surface area contributed by atoms with Gasteiger partial charge in [-0.3, -0.25) is 14.6 Å². The van der Waals surface area contributed by atoms with Gasteiger partial charge in [-0.15, -0.1) is 0 Å². The molecule has 0 saturated heterocycles. The molecule has 1 aromatic carbocycles. The molecule has 1 amide bonds. The van der Waals surface area contributed by atoms with Gasteiger partial charge in [-0.25, -0.2) is 8.78 Å². The van der Waals surface area contributed by atoms with E-state index in [9.17, 15) is 18.4 Å². The third-order valence-electron chi connectivity index (χ3n) is 7.47. The molecule has 8 heteroatoms. The minimum absolute atomic E-state index is 0.0249. The minimum atomic E-state index is -2.89. The molecule has 1 aromatic heterocycles. The van der Waals surface area contributed by atoms with Crippen LogP contribution in [0, 0.1) is 12.3 Å². The first kappa shape index (κ1) is 28.2. The van der Waals surface area contributed by atoms with E-state index in [0.717, 1.165) is 18.2 Å². The number of aromatic nitrogens is 1. The second-order valence-corrected chi connectivity index (χ2v) is 10.6. The van der Waals surface area contributed by atoms with Crippen molar-refractivity contribution in [2.45, 2.75) is 70.8 Å². The van der Waals surface area contributed by atoms with Crippen LogP contribution in [0.2, 0.25) is 5.02 Å². The third-order valence-corrected chi connectivity index (χ3v) is 7.82. The molecule has 0 unspecified atom stereocenters. The fourth-order valence-electron chi connectivity index (χ4n) is 4.82. The largest absolute Gasteiger partial charge is 0.355 e. The fraction of sp³-hybridized carbons (Fsp3) is 0.536. The Morgan fingerprint density at radius 3 is 2.42 bits per heavy atom. The summed E-state index contributed by atoms with van der Waals surface area (Å²) in [5, 5.41) is 3.48. The van der Waals surface area contributed by atoms with E-state index in [2.05, 4.69) is 10.3 Å². The number of Topliss-reactive ketones (excluding diaryl/α,β-unsaturated/α-hetero) is 1. The second-order valence-electron chi connectivity index (χ2n) is 10.2. The van der Waals surface area contributed by atoms with E-state index in [1.807, 2.05) is 45.0 Å². The lowest BCUT2D eigenvalue weighted by Gasteiger charge is -2.32. The van der Waals surface area contributed by atoms with Crippen LogP contribution in [-0.2, 0) is 11.2 Å². The van der Waals surface area contributed by atoms with Gasteiger partial charge in [0.25, 0.3) is 5.92 Å². The third kappa shape index (κ3) is 6.48. The zero-order valence-corrected chi connectivity index (χ0v) is 22.5. The molecule has 36 heavy (non-hydrogen) atoms. The Balaban J connectivity index is 1.70. The Morgan fingerprint density at radius 1 is 1.22 bits per heavy atom. The van der Waals surface area contributed by atoms with E-state index in [0.29, 0.717) is 48.4 Å². The summed E-state index contributed by atoms with van der Waals surface area (Å²) >= 11 is 6.45. The van der Waals surface area contributed by atoms with Crippen molar-refractivity contribution in [1.29, 1.82) is 0 Å². The molecule has 1 saturated carbocycles. The average molecular weight is 520 g/mol. The fourth-order valence-corrected chi connectivity index (χ4v) is 5.07. The maximum absolute atomic E-state index is 14.6. The van der Waals surface area contributed by atoms with Crippen LogP contribution >= 0.6 is 11.6 Å². The van der Waals surface area contributed by atoms with Crippen molar-refractivity contribution in [3.05, 3.63) is 63.9 Å². The van der Waals surface area contributed by atoms with Gasteiger partial charge in [0.15, 0.2) is 5.78 Å². The van der Waals surface area contributed by atoms with Gasteiger partial charge in [-0.1, -0.05) is 36.7 Å². The van der Waals surface area contributed by atoms with Crippen LogP contribution in [0.5, 0.6) is 0 Å². The minimum Gasteiger partial charge on any atom is -0.355 e. The van der Waals surface area contributed by atoms with Gasteiger partial charge in [0.05, 0.1) is 0 Å². The van der Waals surface area contributed by atoms with E-state index in [1.165, 1.54) is 0 Å². The van der Waals surface area contributed by atoms with Gasteiger partial charge < -0.3 is 10.2 Å². The summed E-state index contributed by atoms with van der Waals surface area (Å²) in [5.41, 5.74) is 1.72. The predicted octanol–water partition coefficient (Wildman–Crippen LogP) is 5.83. The average Bonchev–Trinajstić information content (AvgIpc) is 3.63. The highest BCUT2D eigenvalue weighted by molar-refractivity contribution is 6.31. The van der Waals surface area contributed by atoms with Gasteiger partial charge in [0, 0.05) is 59.2 Å². The highest BCUT2D eigenvalue weighted by Gasteiger charge is 2.63. The number of benzene rings is 1. The normalized spacial score (nSPS) is 16.5. The van der Waals surface area contributed by atoms with Crippen LogP contribution < -0.4 is 5.32 Å². The zero-order chi connectivity index (χ0) is 26.7. The van der Waals surface area contributed by atoms with Gasteiger partial charge >= 0.3 is 0 Å². The molecule has 1 aliphatic rings. The molecule has 196 valence electrons. The molecule has 1 aliphatic carbocycles. The van der Waals surface area contributed by atoms with E-state index in [-0.39, 0.29) is 24.2 Å². The number of ketones is 1. The van der Waals surface area contributed by atoms with Gasteiger partial charge in [0.1, 0.15) is 0 Å². The summed E-state index contributed by atoms with van der Waals surface area (Å²) in [6.07, 6.45) is 3.34. The molecular formula is C28H36ClF2N3O2. The van der Waals surface area contributed by atoms with E-state index < -0.39 is 17.3 Å². The summed E-state index contributed by atoms with van der Waals surface area (Å²) in [7, 11) is 3.83. The summed E-state index contributed by atoms with van der Waals surface area (Å²) in [4.78, 5) is 31.3. The quantitative estimate of drug-likeness (QED) is 0.358. The predicted molar refractivity (Wildman–Crippen MR) is 139 cm³/mol. The molecule has 0 spiro atoms. The zero-order valence-electron chi connectivity index (χ0n) is 21.7. The smallest absolute Gasteiger partial charge is 0.251 e. The lowest BCUT2D eigenvalue weighted by Crippen LogP contribution is -2.43. The van der Waals surface area contributed by atoms with Crippen molar-refractivity contribution < 1.29 is 18.4 Å². The Hall–Kier alpha value is -2.38. The number of hydrogen-bond acceptors (Lipinski definition) is 4. The topological polar surface area (TPSA) is 62.3 Å². The maximum atomic E-state index is 14.6. The second kappa shape index (κ2) is 11.3. The Morgan fingerprint density at radius 2 is 1.92 bits per heavy atom. The molecule has 3 rings (SSSR count). The lowest BCUT2D eigenvalue weighted by molar-refractivity contribution is -0.123. The number of likely N-dealkylation sites (N-methyl/N-ethyl adjacent to an activating group) is 1. The molecule has 5 nitrogen and oxygen atoms in total. The Labute approximate surface area is 217 Å². The number of carbonyl (C=O) groups is 2. The van der Waals surface area contributed by atoms with Crippen LogP contribution in [0.15, 0.2) is 36.5 Å². The van der Waals surface area contributed by atoms with Gasteiger partial charge in [-0.2, -0.15) is 0 Å². The number of amides is 1. The summed E-state index contributed by atoms with van der Waals surface area (Å²) in [5.74, 6) is -3.74. The first-order chi connectivity index (χ1) is 16.9. The highest BCUT2D eigenvalue weighted by Crippen LogP contribution is 2.65. The highest BCUT2D eigenvalue weighted by atomic mass is 35.5. The number of pyridine rings is 1. The SMILES string of the molecule is CCC(=O)c1ccc(C[C@@H](CNC(=O)C[C@@H](c2ccc(C)nc2)C2(C(C)(F)F)CC2)N(C)C)c(Cl)c1. The Bertz CT molecular complexity index is 1080. The molecule has 0 aliphatic heterocycles. The molecule has 1 N–H and O–H groups in total. The van der Waals surface area contributed by atoms with E-state index in [4.69, 9.17) is 11.6 Å². The van der Waals surface area contributed by atoms with Crippen LogP contribution in [0.1, 0.15) is 72.6 Å². The number of carbonyl (C=O) groups excluding carboxylic acids is 2.